The summed E-state index contributed by atoms with van der Waals surface area (Å²) in [6.07, 6.45) is 2.36. The third-order valence-corrected chi connectivity index (χ3v) is 4.69. The minimum Gasteiger partial charge on any atom is -0.497 e. The van der Waals surface area contributed by atoms with Crippen LogP contribution in [0.15, 0.2) is 36.4 Å². The molecule has 3 rings (SSSR count). The SMILES string of the molecule is COc1ccc(OC)c([C@@H]2CCCN2c2ccc(C=O)cc2[N+](=O)[O-])c1. The summed E-state index contributed by atoms with van der Waals surface area (Å²) < 4.78 is 10.8. The standard InChI is InChI=1S/C19H20N2O5/c1-25-14-6-8-19(26-2)15(11-14)16-4-3-9-20(16)17-7-5-13(12-22)10-18(17)21(23)24/h5-8,10-12,16H,3-4,9H2,1-2H3/t16-/m0/s1. The lowest BCUT2D eigenvalue weighted by atomic mass is 10.0. The summed E-state index contributed by atoms with van der Waals surface area (Å²) in [6, 6.07) is 10.1. The van der Waals surface area contributed by atoms with Gasteiger partial charge in [-0.1, -0.05) is 0 Å². The molecule has 0 bridgehead atoms. The summed E-state index contributed by atoms with van der Waals surface area (Å²) in [5, 5.41) is 11.5. The van der Waals surface area contributed by atoms with Crippen LogP contribution in [-0.4, -0.2) is 32.0 Å². The maximum absolute atomic E-state index is 11.5. The van der Waals surface area contributed by atoms with Crippen LogP contribution in [0.25, 0.3) is 0 Å². The van der Waals surface area contributed by atoms with Gasteiger partial charge in [0.2, 0.25) is 0 Å². The van der Waals surface area contributed by atoms with Crippen LogP contribution in [0.5, 0.6) is 11.5 Å². The van der Waals surface area contributed by atoms with Crippen LogP contribution in [0.3, 0.4) is 0 Å². The molecular formula is C19H20N2O5. The molecule has 0 amide bonds. The first-order valence-corrected chi connectivity index (χ1v) is 8.31. The zero-order chi connectivity index (χ0) is 18.7. The number of benzene rings is 2. The van der Waals surface area contributed by atoms with E-state index in [1.807, 2.05) is 23.1 Å². The van der Waals surface area contributed by atoms with E-state index in [-0.39, 0.29) is 17.3 Å². The Morgan fingerprint density at radius 1 is 1.19 bits per heavy atom. The molecule has 7 nitrogen and oxygen atoms in total. The van der Waals surface area contributed by atoms with Gasteiger partial charge in [-0.15, -0.1) is 0 Å². The molecule has 136 valence electrons. The van der Waals surface area contributed by atoms with E-state index < -0.39 is 4.92 Å². The van der Waals surface area contributed by atoms with Gasteiger partial charge in [-0.2, -0.15) is 0 Å². The van der Waals surface area contributed by atoms with E-state index in [2.05, 4.69) is 0 Å². The number of carbonyl (C=O) groups excluding carboxylic acids is 1. The highest BCUT2D eigenvalue weighted by Crippen LogP contribution is 2.44. The fourth-order valence-electron chi connectivity index (χ4n) is 3.48. The van der Waals surface area contributed by atoms with Crippen LogP contribution < -0.4 is 14.4 Å². The van der Waals surface area contributed by atoms with E-state index in [0.29, 0.717) is 24.3 Å². The Morgan fingerprint density at radius 3 is 2.65 bits per heavy atom. The second-order valence-corrected chi connectivity index (χ2v) is 6.08. The number of carbonyl (C=O) groups is 1. The molecular weight excluding hydrogens is 336 g/mol. The summed E-state index contributed by atoms with van der Waals surface area (Å²) >= 11 is 0. The van der Waals surface area contributed by atoms with Crippen molar-refractivity contribution in [2.24, 2.45) is 0 Å². The van der Waals surface area contributed by atoms with Crippen molar-refractivity contribution in [2.45, 2.75) is 18.9 Å². The average Bonchev–Trinajstić information content (AvgIpc) is 3.16. The lowest BCUT2D eigenvalue weighted by molar-refractivity contribution is -0.384. The zero-order valence-corrected chi connectivity index (χ0v) is 14.7. The first-order chi connectivity index (χ1) is 12.6. The second kappa shape index (κ2) is 7.43. The van der Waals surface area contributed by atoms with Crippen molar-refractivity contribution in [2.75, 3.05) is 25.7 Å². The number of nitro benzene ring substituents is 1. The Morgan fingerprint density at radius 2 is 2.00 bits per heavy atom. The average molecular weight is 356 g/mol. The van der Waals surface area contributed by atoms with E-state index >= 15 is 0 Å². The smallest absolute Gasteiger partial charge is 0.293 e. The maximum Gasteiger partial charge on any atom is 0.293 e. The van der Waals surface area contributed by atoms with E-state index in [4.69, 9.17) is 9.47 Å². The fraction of sp³-hybridized carbons (Fsp3) is 0.316. The molecule has 1 atom stereocenters. The van der Waals surface area contributed by atoms with Gasteiger partial charge in [-0.3, -0.25) is 14.9 Å². The van der Waals surface area contributed by atoms with Crippen LogP contribution in [0, 0.1) is 10.1 Å². The predicted molar refractivity (Wildman–Crippen MR) is 97.4 cm³/mol. The Balaban J connectivity index is 2.07. The summed E-state index contributed by atoms with van der Waals surface area (Å²) in [6.45, 7) is 0.687. The quantitative estimate of drug-likeness (QED) is 0.445. The molecule has 0 saturated carbocycles. The van der Waals surface area contributed by atoms with Gasteiger partial charge in [0, 0.05) is 23.7 Å². The second-order valence-electron chi connectivity index (χ2n) is 6.08. The lowest BCUT2D eigenvalue weighted by Crippen LogP contribution is -2.24. The highest BCUT2D eigenvalue weighted by Gasteiger charge is 2.32. The van der Waals surface area contributed by atoms with Crippen LogP contribution >= 0.6 is 0 Å². The molecule has 1 aliphatic rings. The lowest BCUT2D eigenvalue weighted by Gasteiger charge is -2.28. The molecule has 7 heteroatoms. The molecule has 0 aliphatic carbocycles. The van der Waals surface area contributed by atoms with E-state index in [1.165, 1.54) is 6.07 Å². The third kappa shape index (κ3) is 3.20. The van der Waals surface area contributed by atoms with Gasteiger partial charge in [0.25, 0.3) is 5.69 Å². The fourth-order valence-corrected chi connectivity index (χ4v) is 3.48. The Hall–Kier alpha value is -3.09. The van der Waals surface area contributed by atoms with Gasteiger partial charge < -0.3 is 14.4 Å². The zero-order valence-electron chi connectivity index (χ0n) is 14.7. The van der Waals surface area contributed by atoms with Crippen LogP contribution in [0.4, 0.5) is 11.4 Å². The molecule has 0 aromatic heterocycles. The van der Waals surface area contributed by atoms with Gasteiger partial charge in [0.15, 0.2) is 0 Å². The maximum atomic E-state index is 11.5. The predicted octanol–water partition coefficient (Wildman–Crippen LogP) is 3.77. The first kappa shape index (κ1) is 17.7. The molecule has 0 unspecified atom stereocenters. The molecule has 2 aromatic carbocycles. The summed E-state index contributed by atoms with van der Waals surface area (Å²) in [5.41, 5.74) is 1.66. The molecule has 1 fully saturated rings. The molecule has 0 spiro atoms. The van der Waals surface area contributed by atoms with Crippen molar-refractivity contribution in [3.8, 4) is 11.5 Å². The van der Waals surface area contributed by atoms with Gasteiger partial charge in [0.05, 0.1) is 25.2 Å². The number of nitrogens with zero attached hydrogens (tertiary/aromatic N) is 2. The van der Waals surface area contributed by atoms with E-state index in [1.54, 1.807) is 26.4 Å². The minimum atomic E-state index is -0.444. The third-order valence-electron chi connectivity index (χ3n) is 4.69. The highest BCUT2D eigenvalue weighted by molar-refractivity contribution is 5.80. The van der Waals surface area contributed by atoms with Crippen molar-refractivity contribution >= 4 is 17.7 Å². The Kier molecular flexibility index (Phi) is 5.06. The molecule has 0 N–H and O–H groups in total. The molecule has 2 aromatic rings. The van der Waals surface area contributed by atoms with Crippen LogP contribution in [0.2, 0.25) is 0 Å². The molecule has 26 heavy (non-hydrogen) atoms. The molecule has 1 aliphatic heterocycles. The van der Waals surface area contributed by atoms with E-state index in [9.17, 15) is 14.9 Å². The first-order valence-electron chi connectivity index (χ1n) is 8.31. The number of rotatable bonds is 6. The topological polar surface area (TPSA) is 81.9 Å². The van der Waals surface area contributed by atoms with E-state index in [0.717, 1.165) is 24.2 Å². The normalized spacial score (nSPS) is 16.4. The number of methoxy groups -OCH3 is 2. The van der Waals surface area contributed by atoms with Crippen molar-refractivity contribution in [1.29, 1.82) is 0 Å². The van der Waals surface area contributed by atoms with Gasteiger partial charge in [-0.25, -0.2) is 0 Å². The largest absolute Gasteiger partial charge is 0.497 e. The molecule has 0 radical (unpaired) electrons. The van der Waals surface area contributed by atoms with Gasteiger partial charge in [-0.05, 0) is 43.2 Å². The summed E-state index contributed by atoms with van der Waals surface area (Å²) in [7, 11) is 3.20. The monoisotopic (exact) mass is 356 g/mol. The summed E-state index contributed by atoms with van der Waals surface area (Å²) in [5.74, 6) is 1.42. The molecule has 1 saturated heterocycles. The van der Waals surface area contributed by atoms with Crippen molar-refractivity contribution in [3.63, 3.8) is 0 Å². The number of nitro groups is 1. The number of hydrogen-bond donors (Lipinski definition) is 0. The number of ether oxygens (including phenoxy) is 2. The number of hydrogen-bond acceptors (Lipinski definition) is 6. The molecule has 1 heterocycles. The van der Waals surface area contributed by atoms with Crippen molar-refractivity contribution < 1.29 is 19.2 Å². The highest BCUT2D eigenvalue weighted by atomic mass is 16.6. The summed E-state index contributed by atoms with van der Waals surface area (Å²) in [4.78, 5) is 24.1. The van der Waals surface area contributed by atoms with Crippen LogP contribution in [0.1, 0.15) is 34.8 Å². The number of anilines is 1. The van der Waals surface area contributed by atoms with Gasteiger partial charge >= 0.3 is 0 Å². The van der Waals surface area contributed by atoms with Crippen LogP contribution in [-0.2, 0) is 0 Å². The van der Waals surface area contributed by atoms with Gasteiger partial charge in [0.1, 0.15) is 23.5 Å². The minimum absolute atomic E-state index is 0.0663. The Bertz CT molecular complexity index is 837. The number of aldehydes is 1. The van der Waals surface area contributed by atoms with Crippen molar-refractivity contribution in [1.82, 2.24) is 0 Å². The van der Waals surface area contributed by atoms with Crippen molar-refractivity contribution in [3.05, 3.63) is 57.6 Å². The Labute approximate surface area is 151 Å².